The molecule has 0 aliphatic carbocycles. The molecule has 8 nitrogen and oxygen atoms in total. The lowest BCUT2D eigenvalue weighted by Crippen LogP contribution is -2.35. The summed E-state index contributed by atoms with van der Waals surface area (Å²) in [7, 11) is 0. The van der Waals surface area contributed by atoms with Crippen molar-refractivity contribution in [2.75, 3.05) is 24.7 Å². The van der Waals surface area contributed by atoms with Crippen molar-refractivity contribution in [1.82, 2.24) is 29.6 Å². The molecule has 0 saturated carbocycles. The Hall–Kier alpha value is -2.03. The minimum Gasteiger partial charge on any atom is -0.342 e. The summed E-state index contributed by atoms with van der Waals surface area (Å²) in [5, 5.41) is 13.1. The van der Waals surface area contributed by atoms with E-state index >= 15 is 0 Å². The second-order valence-electron chi connectivity index (χ2n) is 6.43. The minimum absolute atomic E-state index is 0.141. The third-order valence-corrected chi connectivity index (χ3v) is 5.31. The fourth-order valence-corrected chi connectivity index (χ4v) is 3.81. The number of likely N-dealkylation sites (tertiary alicyclic amines) is 1. The number of hydrogen-bond donors (Lipinski definition) is 1. The van der Waals surface area contributed by atoms with Gasteiger partial charge in [-0.15, -0.1) is 10.2 Å². The van der Waals surface area contributed by atoms with Crippen LogP contribution in [0.5, 0.6) is 0 Å². The number of aryl methyl sites for hydroxylation is 2. The van der Waals surface area contributed by atoms with E-state index in [0.717, 1.165) is 37.3 Å². The zero-order valence-corrected chi connectivity index (χ0v) is 15.6. The highest BCUT2D eigenvalue weighted by Gasteiger charge is 2.19. The predicted molar refractivity (Wildman–Crippen MR) is 97.2 cm³/mol. The van der Waals surface area contributed by atoms with Crippen molar-refractivity contribution in [3.05, 3.63) is 17.5 Å². The Balaban J connectivity index is 1.63. The van der Waals surface area contributed by atoms with Crippen LogP contribution >= 0.6 is 11.8 Å². The number of carbonyl (C=O) groups is 1. The third kappa shape index (κ3) is 4.15. The van der Waals surface area contributed by atoms with Gasteiger partial charge in [0.25, 0.3) is 5.95 Å². The molecule has 2 N–H and O–H groups in total. The summed E-state index contributed by atoms with van der Waals surface area (Å²) < 4.78 is 3.05. The van der Waals surface area contributed by atoms with Crippen LogP contribution in [0.2, 0.25) is 0 Å². The normalized spacial score (nSPS) is 15.8. The summed E-state index contributed by atoms with van der Waals surface area (Å²) in [6.45, 7) is 5.56. The molecule has 2 aromatic heterocycles. The van der Waals surface area contributed by atoms with E-state index in [9.17, 15) is 4.79 Å². The molecule has 2 aromatic rings. The predicted octanol–water partition coefficient (Wildman–Crippen LogP) is 1.68. The number of nitrogens with two attached hydrogens (primary N) is 1. The Kier molecular flexibility index (Phi) is 5.62. The molecule has 1 aliphatic heterocycles. The molecule has 0 unspecified atom stereocenters. The summed E-state index contributed by atoms with van der Waals surface area (Å²) >= 11 is 1.32. The van der Waals surface area contributed by atoms with Crippen LogP contribution in [-0.2, 0) is 4.79 Å². The van der Waals surface area contributed by atoms with Crippen LogP contribution in [-0.4, -0.2) is 54.3 Å². The molecule has 136 valence electrons. The second-order valence-corrected chi connectivity index (χ2v) is 7.37. The number of aromatic nitrogens is 5. The van der Waals surface area contributed by atoms with Crippen LogP contribution in [0.25, 0.3) is 5.95 Å². The van der Waals surface area contributed by atoms with E-state index in [0.29, 0.717) is 16.9 Å². The summed E-state index contributed by atoms with van der Waals surface area (Å²) in [6.07, 6.45) is 5.87. The highest BCUT2D eigenvalue weighted by molar-refractivity contribution is 7.99. The van der Waals surface area contributed by atoms with Gasteiger partial charge in [-0.2, -0.15) is 5.10 Å². The van der Waals surface area contributed by atoms with Crippen molar-refractivity contribution >= 4 is 17.7 Å². The number of nitrogen functional groups attached to an aromatic ring is 1. The lowest BCUT2D eigenvalue weighted by molar-refractivity contribution is -0.128. The molecule has 0 radical (unpaired) electrons. The van der Waals surface area contributed by atoms with Crippen LogP contribution in [0.15, 0.2) is 11.2 Å². The first-order chi connectivity index (χ1) is 12.1. The van der Waals surface area contributed by atoms with E-state index in [1.807, 2.05) is 24.8 Å². The molecule has 9 heteroatoms. The lowest BCUT2D eigenvalue weighted by atomic mass is 10.1. The van der Waals surface area contributed by atoms with Crippen molar-refractivity contribution in [3.8, 4) is 5.95 Å². The van der Waals surface area contributed by atoms with E-state index < -0.39 is 0 Å². The molecular formula is C16H25N7OS. The molecule has 3 rings (SSSR count). The lowest BCUT2D eigenvalue weighted by Gasteiger charge is -2.24. The Morgan fingerprint density at radius 1 is 1.16 bits per heavy atom. The largest absolute Gasteiger partial charge is 0.342 e. The third-order valence-electron chi connectivity index (χ3n) is 4.38. The number of thioether (sulfide) groups is 1. The Bertz CT molecular complexity index is 731. The maximum absolute atomic E-state index is 12.5. The Morgan fingerprint density at radius 3 is 2.48 bits per heavy atom. The van der Waals surface area contributed by atoms with Crippen molar-refractivity contribution in [3.63, 3.8) is 0 Å². The van der Waals surface area contributed by atoms with E-state index in [-0.39, 0.29) is 5.91 Å². The van der Waals surface area contributed by atoms with Crippen LogP contribution in [0.1, 0.15) is 43.5 Å². The molecule has 0 spiro atoms. The zero-order chi connectivity index (χ0) is 17.8. The number of rotatable bonds is 4. The average Bonchev–Trinajstić information content (AvgIpc) is 3.06. The van der Waals surface area contributed by atoms with Gasteiger partial charge in [-0.25, -0.2) is 9.36 Å². The fraction of sp³-hybridized carbons (Fsp3) is 0.625. The number of carbonyl (C=O) groups excluding carboxylic acids is 1. The number of nitrogens with zero attached hydrogens (tertiary/aromatic N) is 6. The van der Waals surface area contributed by atoms with Crippen LogP contribution < -0.4 is 5.84 Å². The molecule has 0 atom stereocenters. The summed E-state index contributed by atoms with van der Waals surface area (Å²) in [5.74, 6) is 7.03. The molecular weight excluding hydrogens is 338 g/mol. The molecule has 1 aliphatic rings. The van der Waals surface area contributed by atoms with E-state index in [2.05, 4.69) is 15.3 Å². The van der Waals surface area contributed by atoms with Gasteiger partial charge in [0, 0.05) is 18.8 Å². The van der Waals surface area contributed by atoms with Crippen molar-refractivity contribution < 1.29 is 4.79 Å². The SMILES string of the molecule is Cc1cc(C)n(-c2nnc(SCC(=O)N3CCCCCCC3)n2N)n1. The van der Waals surface area contributed by atoms with Gasteiger partial charge < -0.3 is 10.7 Å². The topological polar surface area (TPSA) is 94.9 Å². The molecule has 1 amide bonds. The van der Waals surface area contributed by atoms with E-state index in [4.69, 9.17) is 5.84 Å². The van der Waals surface area contributed by atoms with E-state index in [1.165, 1.54) is 35.7 Å². The number of hydrogen-bond acceptors (Lipinski definition) is 6. The maximum Gasteiger partial charge on any atom is 0.271 e. The van der Waals surface area contributed by atoms with Gasteiger partial charge in [0.1, 0.15) is 0 Å². The zero-order valence-electron chi connectivity index (χ0n) is 14.8. The molecule has 0 aromatic carbocycles. The van der Waals surface area contributed by atoms with E-state index in [1.54, 1.807) is 4.68 Å². The van der Waals surface area contributed by atoms with Gasteiger partial charge in [0.05, 0.1) is 11.4 Å². The van der Waals surface area contributed by atoms with Crippen molar-refractivity contribution in [1.29, 1.82) is 0 Å². The summed E-state index contributed by atoms with van der Waals surface area (Å²) in [5.41, 5.74) is 1.83. The highest BCUT2D eigenvalue weighted by Crippen LogP contribution is 2.19. The molecule has 25 heavy (non-hydrogen) atoms. The maximum atomic E-state index is 12.5. The minimum atomic E-state index is 0.141. The monoisotopic (exact) mass is 363 g/mol. The van der Waals surface area contributed by atoms with Gasteiger partial charge in [0.2, 0.25) is 11.1 Å². The first-order valence-corrected chi connectivity index (χ1v) is 9.69. The molecule has 3 heterocycles. The Labute approximate surface area is 151 Å². The standard InChI is InChI=1S/C16H25N7OS/c1-12-10-13(2)23(20-12)15-18-19-16(22(15)17)25-11-14(24)21-8-6-4-3-5-7-9-21/h10H,3-9,11,17H2,1-2H3. The molecule has 1 fully saturated rings. The molecule has 0 bridgehead atoms. The first-order valence-electron chi connectivity index (χ1n) is 8.71. The van der Waals surface area contributed by atoms with Gasteiger partial charge >= 0.3 is 0 Å². The fourth-order valence-electron chi connectivity index (χ4n) is 3.06. The second kappa shape index (κ2) is 7.90. The van der Waals surface area contributed by atoms with Crippen molar-refractivity contribution in [2.45, 2.75) is 51.1 Å². The van der Waals surface area contributed by atoms with Crippen molar-refractivity contribution in [2.24, 2.45) is 0 Å². The summed E-state index contributed by atoms with van der Waals surface area (Å²) in [6, 6.07) is 1.95. The van der Waals surface area contributed by atoms with Crippen LogP contribution in [0.4, 0.5) is 0 Å². The summed E-state index contributed by atoms with van der Waals surface area (Å²) in [4.78, 5) is 14.4. The highest BCUT2D eigenvalue weighted by atomic mass is 32.2. The first kappa shape index (κ1) is 17.8. The average molecular weight is 363 g/mol. The molecule has 1 saturated heterocycles. The number of amides is 1. The van der Waals surface area contributed by atoms with Gasteiger partial charge in [-0.05, 0) is 32.8 Å². The van der Waals surface area contributed by atoms with Crippen LogP contribution in [0.3, 0.4) is 0 Å². The Morgan fingerprint density at radius 2 is 1.84 bits per heavy atom. The quantitative estimate of drug-likeness (QED) is 0.656. The smallest absolute Gasteiger partial charge is 0.271 e. The van der Waals surface area contributed by atoms with Crippen LogP contribution in [0, 0.1) is 13.8 Å². The van der Waals surface area contributed by atoms with Gasteiger partial charge in [0.15, 0.2) is 0 Å². The van der Waals surface area contributed by atoms with Gasteiger partial charge in [-0.1, -0.05) is 31.0 Å². The van der Waals surface area contributed by atoms with Gasteiger partial charge in [-0.3, -0.25) is 4.79 Å².